The molecule has 3 aromatic heterocycles. The third kappa shape index (κ3) is 2.12. The smallest absolute Gasteiger partial charge is 0.234 e. The average molecular weight is 275 g/mol. The number of hydrogen-bond acceptors (Lipinski definition) is 6. The predicted molar refractivity (Wildman–Crippen MR) is 69.0 cm³/mol. The summed E-state index contributed by atoms with van der Waals surface area (Å²) in [5, 5.41) is 18.2. The molecular formula is C11H13N7S. The normalized spacial score (nSPS) is 15.4. The Labute approximate surface area is 113 Å². The highest BCUT2D eigenvalue weighted by Crippen LogP contribution is 2.39. The van der Waals surface area contributed by atoms with Crippen LogP contribution in [-0.2, 0) is 13.0 Å². The first-order valence-corrected chi connectivity index (χ1v) is 7.25. The lowest BCUT2D eigenvalue weighted by molar-refractivity contribution is 0.574. The molecule has 98 valence electrons. The Bertz CT molecular complexity index is 679. The van der Waals surface area contributed by atoms with Crippen molar-refractivity contribution in [3.63, 3.8) is 0 Å². The van der Waals surface area contributed by atoms with Crippen molar-refractivity contribution in [3.05, 3.63) is 23.5 Å². The molecule has 1 saturated carbocycles. The maximum atomic E-state index is 4.62. The van der Waals surface area contributed by atoms with Crippen LogP contribution in [0, 0.1) is 0 Å². The molecule has 3 heterocycles. The monoisotopic (exact) mass is 275 g/mol. The Hall–Kier alpha value is -1.83. The number of aryl methyl sites for hydroxylation is 2. The minimum atomic E-state index is 0.583. The quantitative estimate of drug-likeness (QED) is 0.701. The minimum Gasteiger partial charge on any atom is -0.253 e. The average Bonchev–Trinajstić information content (AvgIpc) is 2.85. The van der Waals surface area contributed by atoms with Crippen molar-refractivity contribution in [3.8, 4) is 0 Å². The molecule has 0 radical (unpaired) electrons. The molecule has 4 rings (SSSR count). The van der Waals surface area contributed by atoms with Crippen molar-refractivity contribution < 1.29 is 0 Å². The second kappa shape index (κ2) is 4.37. The number of fused-ring (bicyclic) bond motifs is 1. The van der Waals surface area contributed by atoms with Gasteiger partial charge in [-0.2, -0.15) is 14.7 Å². The number of rotatable bonds is 5. The summed E-state index contributed by atoms with van der Waals surface area (Å²) >= 11 is 1.63. The summed E-state index contributed by atoms with van der Waals surface area (Å²) in [6.45, 7) is 0.871. The van der Waals surface area contributed by atoms with Crippen LogP contribution in [0.3, 0.4) is 0 Å². The molecule has 1 fully saturated rings. The van der Waals surface area contributed by atoms with E-state index in [1.165, 1.54) is 12.8 Å². The van der Waals surface area contributed by atoms with E-state index in [4.69, 9.17) is 0 Å². The van der Waals surface area contributed by atoms with E-state index < -0.39 is 0 Å². The van der Waals surface area contributed by atoms with Gasteiger partial charge in [0.05, 0.1) is 0 Å². The van der Waals surface area contributed by atoms with E-state index in [0.717, 1.165) is 35.2 Å². The molecule has 1 aliphatic carbocycles. The van der Waals surface area contributed by atoms with Crippen LogP contribution in [0.2, 0.25) is 0 Å². The maximum absolute atomic E-state index is 4.62. The van der Waals surface area contributed by atoms with Gasteiger partial charge in [0.2, 0.25) is 4.96 Å². The second-order valence-electron chi connectivity index (χ2n) is 4.78. The molecule has 0 bridgehead atoms. The fourth-order valence-corrected chi connectivity index (χ4v) is 2.99. The lowest BCUT2D eigenvalue weighted by Crippen LogP contribution is -2.00. The van der Waals surface area contributed by atoms with Crippen molar-refractivity contribution in [1.82, 2.24) is 34.6 Å². The summed E-state index contributed by atoms with van der Waals surface area (Å²) in [5.41, 5.74) is 0. The Morgan fingerprint density at radius 1 is 1.32 bits per heavy atom. The summed E-state index contributed by atoms with van der Waals surface area (Å²) < 4.78 is 3.77. The van der Waals surface area contributed by atoms with Gasteiger partial charge >= 0.3 is 0 Å². The summed E-state index contributed by atoms with van der Waals surface area (Å²) in [5.74, 6) is 1.62. The molecule has 1 aliphatic rings. The van der Waals surface area contributed by atoms with Crippen LogP contribution < -0.4 is 0 Å². The third-order valence-electron chi connectivity index (χ3n) is 3.24. The number of aromatic nitrogens is 7. The first kappa shape index (κ1) is 11.0. The molecule has 8 heteroatoms. The summed E-state index contributed by atoms with van der Waals surface area (Å²) in [4.78, 5) is 4.84. The first-order valence-electron chi connectivity index (χ1n) is 6.43. The molecule has 19 heavy (non-hydrogen) atoms. The van der Waals surface area contributed by atoms with Crippen molar-refractivity contribution >= 4 is 16.3 Å². The van der Waals surface area contributed by atoms with Gasteiger partial charge in [0, 0.05) is 18.9 Å². The van der Waals surface area contributed by atoms with E-state index in [1.807, 2.05) is 9.20 Å². The van der Waals surface area contributed by atoms with Gasteiger partial charge in [0.25, 0.3) is 0 Å². The maximum Gasteiger partial charge on any atom is 0.234 e. The standard InChI is InChI=1S/C11H13N7S/c1(5-17-7-12-6-13-17)2-9-16-18-10(8-3-4-8)14-15-11(18)19-9/h6-8H,1-5H2. The summed E-state index contributed by atoms with van der Waals surface area (Å²) in [7, 11) is 0. The Balaban J connectivity index is 1.46. The molecule has 0 aliphatic heterocycles. The molecule has 0 N–H and O–H groups in total. The fourth-order valence-electron chi connectivity index (χ4n) is 2.11. The van der Waals surface area contributed by atoms with Crippen molar-refractivity contribution in [2.24, 2.45) is 0 Å². The van der Waals surface area contributed by atoms with Gasteiger partial charge in [0.1, 0.15) is 17.7 Å². The largest absolute Gasteiger partial charge is 0.253 e. The Kier molecular flexibility index (Phi) is 2.54. The van der Waals surface area contributed by atoms with Gasteiger partial charge in [-0.3, -0.25) is 4.68 Å². The predicted octanol–water partition coefficient (Wildman–Crippen LogP) is 1.29. The number of nitrogens with zero attached hydrogens (tertiary/aromatic N) is 7. The molecule has 3 aromatic rings. The van der Waals surface area contributed by atoms with E-state index in [9.17, 15) is 0 Å². The molecule has 0 aromatic carbocycles. The zero-order chi connectivity index (χ0) is 12.7. The van der Waals surface area contributed by atoms with Crippen LogP contribution in [0.1, 0.15) is 36.0 Å². The Morgan fingerprint density at radius 2 is 2.26 bits per heavy atom. The third-order valence-corrected chi connectivity index (χ3v) is 4.20. The van der Waals surface area contributed by atoms with E-state index in [-0.39, 0.29) is 0 Å². The van der Waals surface area contributed by atoms with Crippen molar-refractivity contribution in [2.75, 3.05) is 0 Å². The minimum absolute atomic E-state index is 0.583. The van der Waals surface area contributed by atoms with Gasteiger partial charge < -0.3 is 0 Å². The van der Waals surface area contributed by atoms with Gasteiger partial charge in [-0.25, -0.2) is 4.98 Å². The molecule has 0 atom stereocenters. The molecule has 0 spiro atoms. The van der Waals surface area contributed by atoms with Crippen molar-refractivity contribution in [2.45, 2.75) is 38.1 Å². The van der Waals surface area contributed by atoms with Crippen LogP contribution >= 0.6 is 11.3 Å². The zero-order valence-corrected chi connectivity index (χ0v) is 11.1. The highest BCUT2D eigenvalue weighted by atomic mass is 32.1. The SMILES string of the molecule is c1ncn(CCCc2nn3c(C4CC4)nnc3s2)n1. The lowest BCUT2D eigenvalue weighted by Gasteiger charge is -1.97. The van der Waals surface area contributed by atoms with E-state index in [1.54, 1.807) is 24.0 Å². The van der Waals surface area contributed by atoms with E-state index in [0.29, 0.717) is 5.92 Å². The van der Waals surface area contributed by atoms with Crippen LogP contribution in [0.15, 0.2) is 12.7 Å². The molecule has 0 unspecified atom stereocenters. The topological polar surface area (TPSA) is 73.8 Å². The van der Waals surface area contributed by atoms with Crippen LogP contribution in [0.4, 0.5) is 0 Å². The molecule has 0 saturated heterocycles. The first-order chi connectivity index (χ1) is 9.40. The Morgan fingerprint density at radius 3 is 3.05 bits per heavy atom. The molecular weight excluding hydrogens is 262 g/mol. The summed E-state index contributed by atoms with van der Waals surface area (Å²) in [6.07, 6.45) is 7.69. The highest BCUT2D eigenvalue weighted by Gasteiger charge is 2.29. The van der Waals surface area contributed by atoms with E-state index in [2.05, 4.69) is 25.4 Å². The van der Waals surface area contributed by atoms with Crippen LogP contribution in [-0.4, -0.2) is 34.6 Å². The number of hydrogen-bond donors (Lipinski definition) is 0. The van der Waals surface area contributed by atoms with E-state index >= 15 is 0 Å². The van der Waals surface area contributed by atoms with Gasteiger partial charge in [-0.05, 0) is 19.3 Å². The summed E-state index contributed by atoms with van der Waals surface area (Å²) in [6, 6.07) is 0. The lowest BCUT2D eigenvalue weighted by atomic mass is 10.3. The fraction of sp³-hybridized carbons (Fsp3) is 0.545. The molecule has 7 nitrogen and oxygen atoms in total. The van der Waals surface area contributed by atoms with Gasteiger partial charge in [-0.1, -0.05) is 11.3 Å². The highest BCUT2D eigenvalue weighted by molar-refractivity contribution is 7.16. The van der Waals surface area contributed by atoms with Crippen molar-refractivity contribution in [1.29, 1.82) is 0 Å². The van der Waals surface area contributed by atoms with Crippen LogP contribution in [0.25, 0.3) is 4.96 Å². The second-order valence-corrected chi connectivity index (χ2v) is 5.83. The van der Waals surface area contributed by atoms with Crippen LogP contribution in [0.5, 0.6) is 0 Å². The molecule has 0 amide bonds. The van der Waals surface area contributed by atoms with Gasteiger partial charge in [0.15, 0.2) is 5.82 Å². The zero-order valence-electron chi connectivity index (χ0n) is 10.3. The van der Waals surface area contributed by atoms with Gasteiger partial charge in [-0.15, -0.1) is 10.2 Å².